The van der Waals surface area contributed by atoms with Gasteiger partial charge in [0.15, 0.2) is 4.34 Å². The summed E-state index contributed by atoms with van der Waals surface area (Å²) in [6, 6.07) is 5.13. The number of nitro benzene ring substituents is 1. The standard InChI is InChI=1S/C18H21N3O3S2/c22-17(20-9-3-5-12-4-1-2-6-15(12)20)11-25-18-19-14-8-7-13(21(23)24)10-16(14)26-18/h7-8,10,12,15H,1-6,9,11H2/t12-,15+/m1/s1. The maximum Gasteiger partial charge on any atom is 0.270 e. The number of aromatic nitrogens is 1. The molecule has 0 radical (unpaired) electrons. The number of thioether (sulfide) groups is 1. The van der Waals surface area contributed by atoms with Crippen LogP contribution in [0.5, 0.6) is 0 Å². The van der Waals surface area contributed by atoms with E-state index in [9.17, 15) is 14.9 Å². The number of hydrogen-bond donors (Lipinski definition) is 0. The van der Waals surface area contributed by atoms with E-state index < -0.39 is 4.92 Å². The fourth-order valence-corrected chi connectivity index (χ4v) is 6.20. The lowest BCUT2D eigenvalue weighted by Gasteiger charge is -2.44. The Labute approximate surface area is 160 Å². The lowest BCUT2D eigenvalue weighted by Crippen LogP contribution is -2.50. The van der Waals surface area contributed by atoms with Crippen molar-refractivity contribution in [2.75, 3.05) is 12.3 Å². The number of carbonyl (C=O) groups excluding carboxylic acids is 1. The van der Waals surface area contributed by atoms with Gasteiger partial charge >= 0.3 is 0 Å². The van der Waals surface area contributed by atoms with E-state index in [0.717, 1.165) is 33.9 Å². The highest BCUT2D eigenvalue weighted by molar-refractivity contribution is 8.01. The second-order valence-corrected chi connectivity index (χ2v) is 9.27. The van der Waals surface area contributed by atoms with E-state index in [2.05, 4.69) is 9.88 Å². The Hall–Kier alpha value is -1.67. The fraction of sp³-hybridized carbons (Fsp3) is 0.556. The van der Waals surface area contributed by atoms with Crippen LogP contribution in [0.25, 0.3) is 10.2 Å². The first kappa shape index (κ1) is 17.7. The molecule has 2 heterocycles. The number of nitro groups is 1. The highest BCUT2D eigenvalue weighted by Crippen LogP contribution is 2.36. The highest BCUT2D eigenvalue weighted by atomic mass is 32.2. The topological polar surface area (TPSA) is 76.3 Å². The molecule has 1 saturated carbocycles. The summed E-state index contributed by atoms with van der Waals surface area (Å²) in [4.78, 5) is 29.9. The van der Waals surface area contributed by atoms with Crippen LogP contribution in [-0.4, -0.2) is 39.1 Å². The van der Waals surface area contributed by atoms with Crippen LogP contribution in [-0.2, 0) is 4.79 Å². The monoisotopic (exact) mass is 391 g/mol. The van der Waals surface area contributed by atoms with Crippen molar-refractivity contribution in [2.45, 2.75) is 48.9 Å². The molecule has 2 aliphatic rings. The van der Waals surface area contributed by atoms with Crippen molar-refractivity contribution < 1.29 is 9.72 Å². The van der Waals surface area contributed by atoms with Gasteiger partial charge in [-0.25, -0.2) is 4.98 Å². The van der Waals surface area contributed by atoms with Crippen LogP contribution < -0.4 is 0 Å². The summed E-state index contributed by atoms with van der Waals surface area (Å²) < 4.78 is 1.59. The number of carbonyl (C=O) groups is 1. The molecule has 4 rings (SSSR count). The molecule has 1 aromatic carbocycles. The lowest BCUT2D eigenvalue weighted by molar-refractivity contribution is -0.384. The number of non-ortho nitro benzene ring substituents is 1. The molecule has 0 bridgehead atoms. The summed E-state index contributed by atoms with van der Waals surface area (Å²) in [5, 5.41) is 10.9. The summed E-state index contributed by atoms with van der Waals surface area (Å²) in [5.41, 5.74) is 0.825. The van der Waals surface area contributed by atoms with E-state index in [4.69, 9.17) is 0 Å². The smallest absolute Gasteiger partial charge is 0.270 e. The molecule has 1 amide bonds. The van der Waals surface area contributed by atoms with Crippen molar-refractivity contribution in [3.8, 4) is 0 Å². The predicted octanol–water partition coefficient (Wildman–Crippen LogP) is 4.48. The number of fused-ring (bicyclic) bond motifs is 2. The summed E-state index contributed by atoms with van der Waals surface area (Å²) in [6.07, 6.45) is 7.31. The van der Waals surface area contributed by atoms with Gasteiger partial charge in [-0.15, -0.1) is 11.3 Å². The quantitative estimate of drug-likeness (QED) is 0.436. The third kappa shape index (κ3) is 3.57. The maximum absolute atomic E-state index is 12.8. The van der Waals surface area contributed by atoms with Crippen molar-refractivity contribution in [2.24, 2.45) is 5.92 Å². The molecular weight excluding hydrogens is 370 g/mol. The van der Waals surface area contributed by atoms with Crippen molar-refractivity contribution >= 4 is 44.9 Å². The van der Waals surface area contributed by atoms with Crippen molar-refractivity contribution in [1.29, 1.82) is 0 Å². The van der Waals surface area contributed by atoms with Crippen LogP contribution in [0.15, 0.2) is 22.5 Å². The van der Waals surface area contributed by atoms with Gasteiger partial charge in [-0.05, 0) is 37.7 Å². The summed E-state index contributed by atoms with van der Waals surface area (Å²) >= 11 is 2.86. The van der Waals surface area contributed by atoms with Crippen molar-refractivity contribution in [3.63, 3.8) is 0 Å². The average molecular weight is 392 g/mol. The van der Waals surface area contributed by atoms with Crippen LogP contribution in [0.1, 0.15) is 38.5 Å². The fourth-order valence-electron chi connectivity index (χ4n) is 4.21. The van der Waals surface area contributed by atoms with E-state index in [0.29, 0.717) is 17.7 Å². The summed E-state index contributed by atoms with van der Waals surface area (Å²) in [5.74, 6) is 1.29. The van der Waals surface area contributed by atoms with Crippen molar-refractivity contribution in [3.05, 3.63) is 28.3 Å². The largest absolute Gasteiger partial charge is 0.339 e. The highest BCUT2D eigenvalue weighted by Gasteiger charge is 2.35. The lowest BCUT2D eigenvalue weighted by atomic mass is 9.78. The van der Waals surface area contributed by atoms with E-state index in [-0.39, 0.29) is 11.6 Å². The molecule has 0 unspecified atom stereocenters. The van der Waals surface area contributed by atoms with Crippen molar-refractivity contribution in [1.82, 2.24) is 9.88 Å². The zero-order chi connectivity index (χ0) is 18.1. The Morgan fingerprint density at radius 2 is 2.12 bits per heavy atom. The van der Waals surface area contributed by atoms with Gasteiger partial charge < -0.3 is 4.90 Å². The average Bonchev–Trinajstić information content (AvgIpc) is 3.07. The number of benzene rings is 1. The molecule has 1 aliphatic heterocycles. The van der Waals surface area contributed by atoms with Gasteiger partial charge in [0, 0.05) is 24.7 Å². The van der Waals surface area contributed by atoms with Gasteiger partial charge in [-0.1, -0.05) is 24.6 Å². The SMILES string of the molecule is O=C(CSc1nc2ccc([N+](=O)[O-])cc2s1)N1CCC[C@H]2CCCC[C@@H]21. The molecular formula is C18H21N3O3S2. The van der Waals surface area contributed by atoms with Crippen LogP contribution in [0, 0.1) is 16.0 Å². The molecule has 2 aromatic rings. The minimum Gasteiger partial charge on any atom is -0.339 e. The molecule has 2 atom stereocenters. The van der Waals surface area contributed by atoms with Crippen LogP contribution in [0.4, 0.5) is 5.69 Å². The molecule has 1 aliphatic carbocycles. The Bertz CT molecular complexity index is 836. The predicted molar refractivity (Wildman–Crippen MR) is 104 cm³/mol. The maximum atomic E-state index is 12.8. The Morgan fingerprint density at radius 1 is 1.31 bits per heavy atom. The van der Waals surface area contributed by atoms with E-state index >= 15 is 0 Å². The molecule has 138 valence electrons. The van der Waals surface area contributed by atoms with Gasteiger partial charge in [0.25, 0.3) is 5.69 Å². The number of rotatable bonds is 4. The first-order valence-corrected chi connectivity index (χ1v) is 10.9. The van der Waals surface area contributed by atoms with E-state index in [1.807, 2.05) is 0 Å². The zero-order valence-electron chi connectivity index (χ0n) is 14.4. The molecule has 0 N–H and O–H groups in total. The molecule has 8 heteroatoms. The first-order valence-electron chi connectivity index (χ1n) is 9.09. The summed E-state index contributed by atoms with van der Waals surface area (Å²) in [7, 11) is 0. The van der Waals surface area contributed by atoms with Crippen LogP contribution in [0.3, 0.4) is 0 Å². The zero-order valence-corrected chi connectivity index (χ0v) is 16.1. The second kappa shape index (κ2) is 7.52. The number of hydrogen-bond acceptors (Lipinski definition) is 6. The summed E-state index contributed by atoms with van der Waals surface area (Å²) in [6.45, 7) is 0.882. The van der Waals surface area contributed by atoms with Crippen LogP contribution in [0.2, 0.25) is 0 Å². The Balaban J connectivity index is 1.42. The van der Waals surface area contributed by atoms with E-state index in [1.165, 1.54) is 54.8 Å². The minimum atomic E-state index is -0.396. The Morgan fingerprint density at radius 3 is 2.96 bits per heavy atom. The normalized spacial score (nSPS) is 23.0. The molecule has 0 spiro atoms. The molecule has 26 heavy (non-hydrogen) atoms. The van der Waals surface area contributed by atoms with Gasteiger partial charge in [0.1, 0.15) is 0 Å². The minimum absolute atomic E-state index is 0.0745. The second-order valence-electron chi connectivity index (χ2n) is 7.02. The Kier molecular flexibility index (Phi) is 5.13. The molecule has 6 nitrogen and oxygen atoms in total. The van der Waals surface area contributed by atoms with Gasteiger partial charge in [-0.2, -0.15) is 0 Å². The van der Waals surface area contributed by atoms with Crippen LogP contribution >= 0.6 is 23.1 Å². The molecule has 2 fully saturated rings. The molecule has 1 saturated heterocycles. The number of piperidine rings is 1. The number of thiazole rings is 1. The van der Waals surface area contributed by atoms with Gasteiger partial charge in [0.2, 0.25) is 5.91 Å². The third-order valence-corrected chi connectivity index (χ3v) is 7.59. The number of nitrogens with zero attached hydrogens (tertiary/aromatic N) is 3. The van der Waals surface area contributed by atoms with E-state index in [1.54, 1.807) is 12.1 Å². The molecule has 1 aromatic heterocycles. The van der Waals surface area contributed by atoms with Gasteiger partial charge in [-0.3, -0.25) is 14.9 Å². The first-order chi connectivity index (χ1) is 12.6. The number of amides is 1. The number of likely N-dealkylation sites (tertiary alicyclic amines) is 1. The third-order valence-electron chi connectivity index (χ3n) is 5.45. The van der Waals surface area contributed by atoms with Gasteiger partial charge in [0.05, 0.1) is 20.9 Å².